The standard InChI is InChI=1S/C16H17ClN2S/c1-11-6-3-4-9-15(11)12(2)18-16(20)19-14-8-5-7-13(17)10-14/h3-10,12H,1-2H3,(H2,18,19,20)/t12-/m1/s1. The van der Waals surface area contributed by atoms with Crippen LogP contribution in [0.25, 0.3) is 0 Å². The number of hydrogen-bond donors (Lipinski definition) is 2. The smallest absolute Gasteiger partial charge is 0.171 e. The van der Waals surface area contributed by atoms with E-state index in [4.69, 9.17) is 23.8 Å². The lowest BCUT2D eigenvalue weighted by Gasteiger charge is -2.19. The highest BCUT2D eigenvalue weighted by atomic mass is 35.5. The number of thiocarbonyl (C=S) groups is 1. The molecule has 0 spiro atoms. The molecule has 0 aliphatic heterocycles. The van der Waals surface area contributed by atoms with Crippen molar-refractivity contribution in [3.05, 3.63) is 64.7 Å². The Balaban J connectivity index is 2.00. The van der Waals surface area contributed by atoms with Crippen LogP contribution in [0, 0.1) is 6.92 Å². The van der Waals surface area contributed by atoms with Crippen molar-refractivity contribution in [2.24, 2.45) is 0 Å². The van der Waals surface area contributed by atoms with Crippen LogP contribution >= 0.6 is 23.8 Å². The first-order chi connectivity index (χ1) is 9.56. The molecule has 0 amide bonds. The summed E-state index contributed by atoms with van der Waals surface area (Å²) in [4.78, 5) is 0. The number of halogens is 1. The predicted octanol–water partition coefficient (Wildman–Crippen LogP) is 4.70. The van der Waals surface area contributed by atoms with Crippen LogP contribution in [0.1, 0.15) is 24.1 Å². The Kier molecular flexibility index (Phi) is 4.99. The van der Waals surface area contributed by atoms with Crippen LogP contribution in [0.2, 0.25) is 5.02 Å². The highest BCUT2D eigenvalue weighted by Crippen LogP contribution is 2.18. The molecule has 0 saturated carbocycles. The van der Waals surface area contributed by atoms with Crippen molar-refractivity contribution >= 4 is 34.6 Å². The molecule has 2 N–H and O–H groups in total. The zero-order valence-corrected chi connectivity index (χ0v) is 13.1. The summed E-state index contributed by atoms with van der Waals surface area (Å²) < 4.78 is 0. The Morgan fingerprint density at radius 2 is 1.90 bits per heavy atom. The highest BCUT2D eigenvalue weighted by Gasteiger charge is 2.09. The average molecular weight is 305 g/mol. The fourth-order valence-electron chi connectivity index (χ4n) is 2.08. The summed E-state index contributed by atoms with van der Waals surface area (Å²) in [5.41, 5.74) is 3.37. The predicted molar refractivity (Wildman–Crippen MR) is 90.4 cm³/mol. The van der Waals surface area contributed by atoms with Gasteiger partial charge in [0.05, 0.1) is 6.04 Å². The minimum absolute atomic E-state index is 0.149. The normalized spacial score (nSPS) is 11.8. The largest absolute Gasteiger partial charge is 0.356 e. The van der Waals surface area contributed by atoms with E-state index in [1.807, 2.05) is 36.4 Å². The molecule has 0 heterocycles. The first-order valence-electron chi connectivity index (χ1n) is 6.45. The molecule has 20 heavy (non-hydrogen) atoms. The molecule has 2 rings (SSSR count). The summed E-state index contributed by atoms with van der Waals surface area (Å²) in [6.07, 6.45) is 0. The van der Waals surface area contributed by atoms with Crippen molar-refractivity contribution in [2.75, 3.05) is 5.32 Å². The number of nitrogens with one attached hydrogen (secondary N) is 2. The Morgan fingerprint density at radius 3 is 2.60 bits per heavy atom. The Labute approximate surface area is 130 Å². The van der Waals surface area contributed by atoms with Gasteiger partial charge >= 0.3 is 0 Å². The zero-order chi connectivity index (χ0) is 14.5. The van der Waals surface area contributed by atoms with Crippen LogP contribution < -0.4 is 10.6 Å². The number of anilines is 1. The lowest BCUT2D eigenvalue weighted by molar-refractivity contribution is 0.717. The van der Waals surface area contributed by atoms with Gasteiger partial charge in [0.25, 0.3) is 0 Å². The lowest BCUT2D eigenvalue weighted by Crippen LogP contribution is -2.31. The van der Waals surface area contributed by atoms with E-state index in [2.05, 4.69) is 36.6 Å². The van der Waals surface area contributed by atoms with E-state index in [0.29, 0.717) is 10.1 Å². The van der Waals surface area contributed by atoms with Gasteiger partial charge in [-0.3, -0.25) is 0 Å². The van der Waals surface area contributed by atoms with Gasteiger partial charge in [0.1, 0.15) is 0 Å². The topological polar surface area (TPSA) is 24.1 Å². The molecule has 0 aliphatic carbocycles. The molecule has 2 nitrogen and oxygen atoms in total. The monoisotopic (exact) mass is 304 g/mol. The lowest BCUT2D eigenvalue weighted by atomic mass is 10.0. The second-order valence-electron chi connectivity index (χ2n) is 4.69. The maximum atomic E-state index is 5.95. The summed E-state index contributed by atoms with van der Waals surface area (Å²) in [7, 11) is 0. The molecule has 0 saturated heterocycles. The third-order valence-electron chi connectivity index (χ3n) is 3.09. The zero-order valence-electron chi connectivity index (χ0n) is 11.5. The van der Waals surface area contributed by atoms with E-state index in [-0.39, 0.29) is 6.04 Å². The molecular formula is C16H17ClN2S. The van der Waals surface area contributed by atoms with Gasteiger partial charge in [-0.2, -0.15) is 0 Å². The van der Waals surface area contributed by atoms with E-state index in [9.17, 15) is 0 Å². The molecule has 4 heteroatoms. The molecule has 0 radical (unpaired) electrons. The SMILES string of the molecule is Cc1ccccc1[C@@H](C)NC(=S)Nc1cccc(Cl)c1. The van der Waals surface area contributed by atoms with Gasteiger partial charge in [-0.25, -0.2) is 0 Å². The Bertz CT molecular complexity index is 613. The van der Waals surface area contributed by atoms with Crippen LogP contribution in [-0.4, -0.2) is 5.11 Å². The minimum Gasteiger partial charge on any atom is -0.356 e. The molecule has 0 unspecified atom stereocenters. The van der Waals surface area contributed by atoms with E-state index < -0.39 is 0 Å². The molecule has 0 bridgehead atoms. The van der Waals surface area contributed by atoms with E-state index in [1.165, 1.54) is 11.1 Å². The van der Waals surface area contributed by atoms with Crippen molar-refractivity contribution in [2.45, 2.75) is 19.9 Å². The number of benzene rings is 2. The van der Waals surface area contributed by atoms with Gasteiger partial charge in [0.2, 0.25) is 0 Å². The third kappa shape index (κ3) is 3.95. The van der Waals surface area contributed by atoms with Crippen LogP contribution in [0.4, 0.5) is 5.69 Å². The van der Waals surface area contributed by atoms with Crippen molar-refractivity contribution in [1.29, 1.82) is 0 Å². The van der Waals surface area contributed by atoms with Crippen molar-refractivity contribution in [3.8, 4) is 0 Å². The second kappa shape index (κ2) is 6.73. The van der Waals surface area contributed by atoms with Gasteiger partial charge < -0.3 is 10.6 Å². The molecule has 2 aromatic rings. The number of aryl methyl sites for hydroxylation is 1. The van der Waals surface area contributed by atoms with E-state index >= 15 is 0 Å². The average Bonchev–Trinajstić information content (AvgIpc) is 2.38. The first-order valence-corrected chi connectivity index (χ1v) is 7.23. The second-order valence-corrected chi connectivity index (χ2v) is 5.53. The van der Waals surface area contributed by atoms with Crippen LogP contribution in [-0.2, 0) is 0 Å². The quantitative estimate of drug-likeness (QED) is 0.804. The molecule has 0 aliphatic rings. The van der Waals surface area contributed by atoms with E-state index in [0.717, 1.165) is 5.69 Å². The van der Waals surface area contributed by atoms with Gasteiger partial charge in [0.15, 0.2) is 5.11 Å². The first kappa shape index (κ1) is 14.8. The number of hydrogen-bond acceptors (Lipinski definition) is 1. The Hall–Kier alpha value is -1.58. The van der Waals surface area contributed by atoms with Gasteiger partial charge in [-0.05, 0) is 55.4 Å². The molecule has 104 valence electrons. The van der Waals surface area contributed by atoms with Gasteiger partial charge in [-0.1, -0.05) is 41.9 Å². The van der Waals surface area contributed by atoms with Crippen molar-refractivity contribution in [1.82, 2.24) is 5.32 Å². The number of rotatable bonds is 3. The van der Waals surface area contributed by atoms with E-state index in [1.54, 1.807) is 0 Å². The molecule has 0 fully saturated rings. The van der Waals surface area contributed by atoms with Gasteiger partial charge in [0, 0.05) is 10.7 Å². The Morgan fingerprint density at radius 1 is 1.15 bits per heavy atom. The third-order valence-corrected chi connectivity index (χ3v) is 3.54. The summed E-state index contributed by atoms with van der Waals surface area (Å²) in [6, 6.07) is 15.9. The fourth-order valence-corrected chi connectivity index (χ4v) is 2.57. The molecular weight excluding hydrogens is 288 g/mol. The summed E-state index contributed by atoms with van der Waals surface area (Å²) >= 11 is 11.3. The maximum Gasteiger partial charge on any atom is 0.171 e. The van der Waals surface area contributed by atoms with Crippen molar-refractivity contribution in [3.63, 3.8) is 0 Å². The van der Waals surface area contributed by atoms with Crippen molar-refractivity contribution < 1.29 is 0 Å². The molecule has 1 atom stereocenters. The molecule has 2 aromatic carbocycles. The highest BCUT2D eigenvalue weighted by molar-refractivity contribution is 7.80. The molecule has 0 aromatic heterocycles. The summed E-state index contributed by atoms with van der Waals surface area (Å²) in [6.45, 7) is 4.19. The van der Waals surface area contributed by atoms with Crippen LogP contribution in [0.3, 0.4) is 0 Å². The minimum atomic E-state index is 0.149. The summed E-state index contributed by atoms with van der Waals surface area (Å²) in [5, 5.41) is 7.69. The summed E-state index contributed by atoms with van der Waals surface area (Å²) in [5.74, 6) is 0. The fraction of sp³-hybridized carbons (Fsp3) is 0.188. The van der Waals surface area contributed by atoms with Gasteiger partial charge in [-0.15, -0.1) is 0 Å². The van der Waals surface area contributed by atoms with Crippen LogP contribution in [0.15, 0.2) is 48.5 Å². The maximum absolute atomic E-state index is 5.95. The van der Waals surface area contributed by atoms with Crippen LogP contribution in [0.5, 0.6) is 0 Å².